The Morgan fingerprint density at radius 2 is 2.00 bits per heavy atom. The van der Waals surface area contributed by atoms with Crippen molar-refractivity contribution in [2.24, 2.45) is 0 Å². The van der Waals surface area contributed by atoms with Crippen LogP contribution in [0.1, 0.15) is 39.2 Å². The zero-order chi connectivity index (χ0) is 16.2. The van der Waals surface area contributed by atoms with E-state index in [4.69, 9.17) is 10.5 Å². The van der Waals surface area contributed by atoms with Gasteiger partial charge in [0.15, 0.2) is 5.82 Å². The molecule has 6 heteroatoms. The molecule has 0 saturated heterocycles. The number of nitrogens with one attached hydrogen (secondary N) is 1. The summed E-state index contributed by atoms with van der Waals surface area (Å²) in [5, 5.41) is 3.22. The number of hydrogen-bond acceptors (Lipinski definition) is 6. The van der Waals surface area contributed by atoms with Crippen molar-refractivity contribution in [1.29, 1.82) is 0 Å². The number of aromatic nitrogens is 3. The first kappa shape index (κ1) is 16.0. The van der Waals surface area contributed by atoms with Gasteiger partial charge in [0.2, 0.25) is 5.88 Å². The molecule has 0 saturated carbocycles. The Labute approximate surface area is 131 Å². The molecule has 22 heavy (non-hydrogen) atoms. The van der Waals surface area contributed by atoms with Crippen molar-refractivity contribution in [3.8, 4) is 5.88 Å². The van der Waals surface area contributed by atoms with Crippen LogP contribution in [0.15, 0.2) is 24.4 Å². The highest BCUT2D eigenvalue weighted by atomic mass is 16.5. The van der Waals surface area contributed by atoms with Gasteiger partial charge < -0.3 is 15.8 Å². The SMILES string of the molecule is CCOc1nc(C(C)(C)C)nc(NCc2ccccn2)c1N. The summed E-state index contributed by atoms with van der Waals surface area (Å²) in [7, 11) is 0. The number of ether oxygens (including phenoxy) is 1. The molecular formula is C16H23N5O. The molecular weight excluding hydrogens is 278 g/mol. The predicted octanol–water partition coefficient (Wildman–Crippen LogP) is 2.76. The number of nitrogen functional groups attached to an aromatic ring is 1. The van der Waals surface area contributed by atoms with Crippen LogP contribution in [-0.4, -0.2) is 21.6 Å². The van der Waals surface area contributed by atoms with Gasteiger partial charge in [-0.2, -0.15) is 4.98 Å². The van der Waals surface area contributed by atoms with E-state index in [-0.39, 0.29) is 5.41 Å². The van der Waals surface area contributed by atoms with Crippen molar-refractivity contribution >= 4 is 11.5 Å². The van der Waals surface area contributed by atoms with E-state index in [0.717, 1.165) is 5.69 Å². The van der Waals surface area contributed by atoms with Crippen molar-refractivity contribution in [2.75, 3.05) is 17.7 Å². The van der Waals surface area contributed by atoms with Gasteiger partial charge >= 0.3 is 0 Å². The Bertz CT molecular complexity index is 622. The van der Waals surface area contributed by atoms with E-state index >= 15 is 0 Å². The number of nitrogens with zero attached hydrogens (tertiary/aromatic N) is 3. The molecule has 0 aliphatic rings. The quantitative estimate of drug-likeness (QED) is 0.883. The van der Waals surface area contributed by atoms with E-state index in [0.29, 0.717) is 36.4 Å². The fourth-order valence-electron chi connectivity index (χ4n) is 1.84. The molecule has 2 rings (SSSR count). The predicted molar refractivity (Wildman–Crippen MR) is 87.9 cm³/mol. The van der Waals surface area contributed by atoms with E-state index in [1.807, 2.05) is 25.1 Å². The van der Waals surface area contributed by atoms with E-state index in [1.54, 1.807) is 6.20 Å². The van der Waals surface area contributed by atoms with Gasteiger partial charge in [-0.25, -0.2) is 4.98 Å². The maximum absolute atomic E-state index is 6.11. The van der Waals surface area contributed by atoms with E-state index in [9.17, 15) is 0 Å². The normalized spacial score (nSPS) is 11.3. The zero-order valence-corrected chi connectivity index (χ0v) is 13.6. The summed E-state index contributed by atoms with van der Waals surface area (Å²) < 4.78 is 5.53. The highest BCUT2D eigenvalue weighted by Crippen LogP contribution is 2.30. The molecule has 0 aromatic carbocycles. The lowest BCUT2D eigenvalue weighted by atomic mass is 9.96. The first-order chi connectivity index (χ1) is 10.4. The Hall–Kier alpha value is -2.37. The smallest absolute Gasteiger partial charge is 0.242 e. The Kier molecular flexibility index (Phi) is 4.80. The van der Waals surface area contributed by atoms with Gasteiger partial charge in [-0.3, -0.25) is 4.98 Å². The fourth-order valence-corrected chi connectivity index (χ4v) is 1.84. The van der Waals surface area contributed by atoms with Gasteiger partial charge in [0, 0.05) is 11.6 Å². The Balaban J connectivity index is 2.30. The molecule has 0 amide bonds. The molecule has 118 valence electrons. The molecule has 0 spiro atoms. The lowest BCUT2D eigenvalue weighted by molar-refractivity contribution is 0.324. The van der Waals surface area contributed by atoms with E-state index in [2.05, 4.69) is 41.0 Å². The average molecular weight is 301 g/mol. The van der Waals surface area contributed by atoms with Crippen molar-refractivity contribution in [1.82, 2.24) is 15.0 Å². The summed E-state index contributed by atoms with van der Waals surface area (Å²) in [5.41, 5.74) is 7.25. The topological polar surface area (TPSA) is 86.0 Å². The van der Waals surface area contributed by atoms with Gasteiger partial charge in [-0.15, -0.1) is 0 Å². The number of anilines is 2. The highest BCUT2D eigenvalue weighted by molar-refractivity contribution is 5.67. The molecule has 2 aromatic heterocycles. The average Bonchev–Trinajstić information content (AvgIpc) is 2.48. The highest BCUT2D eigenvalue weighted by Gasteiger charge is 2.22. The summed E-state index contributed by atoms with van der Waals surface area (Å²) in [6.07, 6.45) is 1.76. The number of nitrogens with two attached hydrogens (primary N) is 1. The molecule has 0 fully saturated rings. The fraction of sp³-hybridized carbons (Fsp3) is 0.438. The second-order valence-electron chi connectivity index (χ2n) is 5.97. The number of rotatable bonds is 5. The lowest BCUT2D eigenvalue weighted by Crippen LogP contribution is -2.19. The van der Waals surface area contributed by atoms with Crippen molar-refractivity contribution in [3.63, 3.8) is 0 Å². The molecule has 0 atom stereocenters. The molecule has 3 N–H and O–H groups in total. The minimum atomic E-state index is -0.193. The lowest BCUT2D eigenvalue weighted by Gasteiger charge is -2.20. The first-order valence-electron chi connectivity index (χ1n) is 7.36. The number of hydrogen-bond donors (Lipinski definition) is 2. The maximum Gasteiger partial charge on any atom is 0.242 e. The Morgan fingerprint density at radius 1 is 1.23 bits per heavy atom. The minimum absolute atomic E-state index is 0.193. The third kappa shape index (κ3) is 3.84. The van der Waals surface area contributed by atoms with Gasteiger partial charge in [-0.05, 0) is 19.1 Å². The van der Waals surface area contributed by atoms with Crippen molar-refractivity contribution in [2.45, 2.75) is 39.7 Å². The van der Waals surface area contributed by atoms with Crippen molar-refractivity contribution < 1.29 is 4.74 Å². The van der Waals surface area contributed by atoms with Crippen LogP contribution in [0.5, 0.6) is 5.88 Å². The largest absolute Gasteiger partial charge is 0.476 e. The maximum atomic E-state index is 6.11. The summed E-state index contributed by atoms with van der Waals surface area (Å²) in [6.45, 7) is 9.10. The Morgan fingerprint density at radius 3 is 2.59 bits per heavy atom. The molecule has 0 unspecified atom stereocenters. The van der Waals surface area contributed by atoms with Crippen LogP contribution in [0, 0.1) is 0 Å². The van der Waals surface area contributed by atoms with E-state index < -0.39 is 0 Å². The number of pyridine rings is 1. The summed E-state index contributed by atoms with van der Waals surface area (Å²) in [5.74, 6) is 1.69. The summed E-state index contributed by atoms with van der Waals surface area (Å²) in [6, 6.07) is 5.77. The van der Waals surface area contributed by atoms with Gasteiger partial charge in [0.05, 0.1) is 18.8 Å². The molecule has 2 heterocycles. The van der Waals surface area contributed by atoms with Crippen molar-refractivity contribution in [3.05, 3.63) is 35.9 Å². The second-order valence-corrected chi connectivity index (χ2v) is 5.97. The summed E-state index contributed by atoms with van der Waals surface area (Å²) >= 11 is 0. The standard InChI is InChI=1S/C16H23N5O/c1-5-22-14-12(17)13(20-15(21-14)16(2,3)4)19-10-11-8-6-7-9-18-11/h6-9H,5,10,17H2,1-4H3,(H,19,20,21). The third-order valence-electron chi connectivity index (χ3n) is 3.03. The molecule has 0 radical (unpaired) electrons. The second kappa shape index (κ2) is 6.60. The minimum Gasteiger partial charge on any atom is -0.476 e. The first-order valence-corrected chi connectivity index (χ1v) is 7.36. The van der Waals surface area contributed by atoms with Crippen LogP contribution in [0.4, 0.5) is 11.5 Å². The van der Waals surface area contributed by atoms with Gasteiger partial charge in [0.25, 0.3) is 0 Å². The zero-order valence-electron chi connectivity index (χ0n) is 13.6. The van der Waals surface area contributed by atoms with E-state index in [1.165, 1.54) is 0 Å². The van der Waals surface area contributed by atoms with Crippen LogP contribution < -0.4 is 15.8 Å². The van der Waals surface area contributed by atoms with Gasteiger partial charge in [0.1, 0.15) is 11.5 Å². The van der Waals surface area contributed by atoms with Crippen LogP contribution in [0.2, 0.25) is 0 Å². The molecule has 6 nitrogen and oxygen atoms in total. The van der Waals surface area contributed by atoms with Crippen LogP contribution >= 0.6 is 0 Å². The molecule has 0 aliphatic carbocycles. The molecule has 2 aromatic rings. The van der Waals surface area contributed by atoms with Crippen LogP contribution in [0.3, 0.4) is 0 Å². The van der Waals surface area contributed by atoms with Crippen LogP contribution in [0.25, 0.3) is 0 Å². The summed E-state index contributed by atoms with van der Waals surface area (Å²) in [4.78, 5) is 13.3. The molecule has 0 bridgehead atoms. The van der Waals surface area contributed by atoms with Gasteiger partial charge in [-0.1, -0.05) is 26.8 Å². The van der Waals surface area contributed by atoms with Crippen LogP contribution in [-0.2, 0) is 12.0 Å². The monoisotopic (exact) mass is 301 g/mol. The molecule has 0 aliphatic heterocycles. The third-order valence-corrected chi connectivity index (χ3v) is 3.03.